The highest BCUT2D eigenvalue weighted by atomic mass is 16.3. The Bertz CT molecular complexity index is 3540. The van der Waals surface area contributed by atoms with E-state index in [9.17, 15) is 0 Å². The molecule has 3 nitrogen and oxygen atoms in total. The Morgan fingerprint density at radius 2 is 0.841 bits per heavy atom. The van der Waals surface area contributed by atoms with Crippen LogP contribution in [0.4, 0.5) is 11.4 Å². The van der Waals surface area contributed by atoms with Gasteiger partial charge >= 0.3 is 0 Å². The second-order valence-electron chi connectivity index (χ2n) is 16.3. The molecular weight excluding hydrogens is 767 g/mol. The van der Waals surface area contributed by atoms with Gasteiger partial charge in [-0.05, 0) is 99.8 Å². The van der Waals surface area contributed by atoms with Gasteiger partial charge in [-0.1, -0.05) is 182 Å². The van der Waals surface area contributed by atoms with Crippen LogP contribution in [0.2, 0.25) is 0 Å². The van der Waals surface area contributed by atoms with Gasteiger partial charge in [-0.3, -0.25) is 0 Å². The number of hydrogen-bond donors (Lipinski definition) is 0. The largest absolute Gasteiger partial charge is 0.455 e. The van der Waals surface area contributed by atoms with Crippen molar-refractivity contribution in [1.29, 1.82) is 0 Å². The first-order valence-corrected chi connectivity index (χ1v) is 21.7. The minimum Gasteiger partial charge on any atom is -0.455 e. The fourth-order valence-corrected chi connectivity index (χ4v) is 9.67. The van der Waals surface area contributed by atoms with Gasteiger partial charge in [0.15, 0.2) is 0 Å². The fourth-order valence-electron chi connectivity index (χ4n) is 9.67. The van der Waals surface area contributed by atoms with Crippen LogP contribution in [0.5, 0.6) is 0 Å². The molecule has 0 spiro atoms. The average molecular weight is 808 g/mol. The first kappa shape index (κ1) is 36.7. The number of benzene rings is 9. The first-order chi connectivity index (χ1) is 31.2. The Kier molecular flexibility index (Phi) is 8.97. The predicted molar refractivity (Wildman–Crippen MR) is 263 cm³/mol. The van der Waals surface area contributed by atoms with E-state index >= 15 is 0 Å². The summed E-state index contributed by atoms with van der Waals surface area (Å²) in [4.78, 5) is 2.47. The minimum absolute atomic E-state index is 0.823. The van der Waals surface area contributed by atoms with Crippen LogP contribution in [0.1, 0.15) is 24.0 Å². The zero-order chi connectivity index (χ0) is 41.7. The number of hydrogen-bond acceptors (Lipinski definition) is 3. The molecule has 63 heavy (non-hydrogen) atoms. The number of nitrogens with zero attached hydrogens (tertiary/aromatic N) is 1. The zero-order valence-electron chi connectivity index (χ0n) is 34.5. The Labute approximate surface area is 366 Å². The summed E-state index contributed by atoms with van der Waals surface area (Å²) < 4.78 is 13.3. The fraction of sp³-hybridized carbons (Fsp3) is 0.0333. The molecule has 0 saturated carbocycles. The van der Waals surface area contributed by atoms with Crippen LogP contribution in [0.25, 0.3) is 88.4 Å². The number of rotatable bonds is 8. The highest BCUT2D eigenvalue weighted by Crippen LogP contribution is 2.47. The highest BCUT2D eigenvalue weighted by molar-refractivity contribution is 6.12. The second kappa shape index (κ2) is 15.4. The summed E-state index contributed by atoms with van der Waals surface area (Å²) in [5.41, 5.74) is 18.7. The van der Waals surface area contributed by atoms with E-state index in [1.165, 1.54) is 33.5 Å². The number of allylic oxidation sites excluding steroid dienone is 4. The van der Waals surface area contributed by atoms with Crippen LogP contribution >= 0.6 is 0 Å². The molecule has 0 radical (unpaired) electrons. The maximum atomic E-state index is 6.66. The number of furan rings is 2. The van der Waals surface area contributed by atoms with Crippen molar-refractivity contribution in [2.24, 2.45) is 0 Å². The van der Waals surface area contributed by atoms with Gasteiger partial charge < -0.3 is 13.7 Å². The van der Waals surface area contributed by atoms with Crippen LogP contribution in [0.3, 0.4) is 0 Å². The summed E-state index contributed by atoms with van der Waals surface area (Å²) in [5.74, 6) is 0. The Morgan fingerprint density at radius 3 is 1.49 bits per heavy atom. The van der Waals surface area contributed by atoms with E-state index < -0.39 is 0 Å². The lowest BCUT2D eigenvalue weighted by molar-refractivity contribution is 0.667. The van der Waals surface area contributed by atoms with Crippen molar-refractivity contribution >= 4 is 66.4 Å². The molecule has 0 amide bonds. The van der Waals surface area contributed by atoms with Crippen LogP contribution in [0, 0.1) is 0 Å². The number of anilines is 2. The molecule has 0 saturated heterocycles. The Morgan fingerprint density at radius 1 is 0.333 bits per heavy atom. The molecule has 3 heteroatoms. The monoisotopic (exact) mass is 807 g/mol. The molecule has 0 bridgehead atoms. The molecule has 2 aromatic heterocycles. The van der Waals surface area contributed by atoms with E-state index in [0.29, 0.717) is 0 Å². The van der Waals surface area contributed by atoms with E-state index in [-0.39, 0.29) is 0 Å². The Hall–Kier alpha value is -8.14. The molecule has 0 atom stereocenters. The second-order valence-corrected chi connectivity index (χ2v) is 16.3. The van der Waals surface area contributed by atoms with E-state index in [1.807, 2.05) is 12.1 Å². The molecular formula is C60H41NO2. The van der Waals surface area contributed by atoms with Gasteiger partial charge in [-0.25, -0.2) is 0 Å². The first-order valence-electron chi connectivity index (χ1n) is 21.7. The smallest absolute Gasteiger partial charge is 0.143 e. The normalized spacial score (nSPS) is 13.0. The van der Waals surface area contributed by atoms with Gasteiger partial charge in [-0.15, -0.1) is 0 Å². The predicted octanol–water partition coefficient (Wildman–Crippen LogP) is 16.9. The molecule has 0 N–H and O–H groups in total. The van der Waals surface area contributed by atoms with Crippen LogP contribution in [0.15, 0.2) is 239 Å². The van der Waals surface area contributed by atoms with E-state index in [4.69, 9.17) is 8.83 Å². The molecule has 0 unspecified atom stereocenters. The van der Waals surface area contributed by atoms with Crippen molar-refractivity contribution in [3.05, 3.63) is 241 Å². The molecule has 298 valence electrons. The standard InChI is InChI=1S/C60H41NO2/c1-4-16-40(17-5-1)41-30-32-44(33-31-41)61(45-34-36-47(55(38-45)42-18-6-2-7-19-42)51-24-14-26-53-49-22-10-12-28-57(49)62-59(51)53)46-35-37-48(56(39-46)43-20-8-3-9-21-43)52-25-15-27-54-50-23-11-13-29-58(50)63-60(52)54/h1-34,36,38-39H,35,37H2. The third-order valence-electron chi connectivity index (χ3n) is 12.6. The van der Waals surface area contributed by atoms with Crippen molar-refractivity contribution in [3.8, 4) is 33.4 Å². The molecule has 0 aliphatic heterocycles. The molecule has 1 aliphatic rings. The summed E-state index contributed by atoms with van der Waals surface area (Å²) in [6, 6.07) is 77.9. The van der Waals surface area contributed by atoms with Crippen LogP contribution in [-0.2, 0) is 0 Å². The quantitative estimate of drug-likeness (QED) is 0.153. The zero-order valence-corrected chi connectivity index (χ0v) is 34.5. The average Bonchev–Trinajstić information content (AvgIpc) is 3.94. The van der Waals surface area contributed by atoms with Gasteiger partial charge in [0.25, 0.3) is 0 Å². The van der Waals surface area contributed by atoms with Gasteiger partial charge in [0.05, 0.1) is 0 Å². The highest BCUT2D eigenvalue weighted by Gasteiger charge is 2.26. The maximum absolute atomic E-state index is 6.66. The summed E-state index contributed by atoms with van der Waals surface area (Å²) in [6.45, 7) is 0. The lowest BCUT2D eigenvalue weighted by Gasteiger charge is -2.32. The maximum Gasteiger partial charge on any atom is 0.143 e. The summed E-state index contributed by atoms with van der Waals surface area (Å²) >= 11 is 0. The molecule has 12 rings (SSSR count). The molecule has 9 aromatic carbocycles. The third-order valence-corrected chi connectivity index (χ3v) is 12.6. The van der Waals surface area contributed by atoms with Gasteiger partial charge in [-0.2, -0.15) is 0 Å². The summed E-state index contributed by atoms with van der Waals surface area (Å²) in [6.07, 6.45) is 4.08. The van der Waals surface area contributed by atoms with Crippen molar-refractivity contribution in [2.75, 3.05) is 4.90 Å². The van der Waals surface area contributed by atoms with E-state index in [0.717, 1.165) is 95.9 Å². The van der Waals surface area contributed by atoms with Crippen molar-refractivity contribution in [1.82, 2.24) is 0 Å². The molecule has 2 heterocycles. The third kappa shape index (κ3) is 6.45. The van der Waals surface area contributed by atoms with Crippen molar-refractivity contribution in [3.63, 3.8) is 0 Å². The topological polar surface area (TPSA) is 29.5 Å². The molecule has 1 aliphatic carbocycles. The van der Waals surface area contributed by atoms with Crippen molar-refractivity contribution in [2.45, 2.75) is 12.8 Å². The number of para-hydroxylation sites is 4. The van der Waals surface area contributed by atoms with Gasteiger partial charge in [0.1, 0.15) is 22.3 Å². The molecule has 11 aromatic rings. The van der Waals surface area contributed by atoms with Gasteiger partial charge in [0, 0.05) is 49.7 Å². The lowest BCUT2D eigenvalue weighted by atomic mass is 9.85. The van der Waals surface area contributed by atoms with E-state index in [2.05, 4.69) is 217 Å². The number of fused-ring (bicyclic) bond motifs is 6. The van der Waals surface area contributed by atoms with Crippen LogP contribution < -0.4 is 4.90 Å². The summed E-state index contributed by atoms with van der Waals surface area (Å²) in [7, 11) is 0. The Balaban J connectivity index is 1.07. The molecule has 0 fully saturated rings. The van der Waals surface area contributed by atoms with E-state index in [1.54, 1.807) is 0 Å². The SMILES string of the molecule is C1=C(N(c2ccc(-c3ccccc3)cc2)c2ccc(-c3cccc4c3oc3ccccc34)c(-c3ccccc3)c2)CCC(c2cccc3c2oc2ccccc23)=C1c1ccccc1. The lowest BCUT2D eigenvalue weighted by Crippen LogP contribution is -2.19. The van der Waals surface area contributed by atoms with Crippen LogP contribution in [-0.4, -0.2) is 0 Å². The van der Waals surface area contributed by atoms with Gasteiger partial charge in [0.2, 0.25) is 0 Å². The minimum atomic E-state index is 0.823. The summed E-state index contributed by atoms with van der Waals surface area (Å²) in [5, 5.41) is 4.53. The van der Waals surface area contributed by atoms with Crippen molar-refractivity contribution < 1.29 is 8.83 Å².